The first-order valence-electron chi connectivity index (χ1n) is 12.8. The molecule has 1 aliphatic carbocycles. The third-order valence-corrected chi connectivity index (χ3v) is 7.22. The second-order valence-electron chi connectivity index (χ2n) is 10.2. The summed E-state index contributed by atoms with van der Waals surface area (Å²) < 4.78 is 12.9. The Morgan fingerprint density at radius 1 is 1.23 bits per heavy atom. The van der Waals surface area contributed by atoms with Gasteiger partial charge in [-0.05, 0) is 50.3 Å². The van der Waals surface area contributed by atoms with Crippen LogP contribution in [0.4, 0.5) is 0 Å². The Morgan fingerprint density at radius 3 is 2.54 bits per heavy atom. The van der Waals surface area contributed by atoms with Crippen molar-refractivity contribution < 1.29 is 19.1 Å². The molecule has 1 saturated heterocycles. The number of carbonyl (C=O) groups is 2. The molecule has 3 rings (SSSR count). The fourth-order valence-corrected chi connectivity index (χ4v) is 5.29. The number of ether oxygens (including phenoxy) is 2. The van der Waals surface area contributed by atoms with Crippen LogP contribution in [0.25, 0.3) is 6.08 Å². The molecule has 0 atom stereocenters. The van der Waals surface area contributed by atoms with E-state index < -0.39 is 12.6 Å². The number of amides is 1. The monoisotopic (exact) mass is 484 g/mol. The van der Waals surface area contributed by atoms with Gasteiger partial charge in [0.1, 0.15) is 11.6 Å². The van der Waals surface area contributed by atoms with Gasteiger partial charge in [0, 0.05) is 43.1 Å². The Balaban J connectivity index is 1.58. The minimum Gasteiger partial charge on any atom is -0.451 e. The first-order chi connectivity index (χ1) is 16.8. The van der Waals surface area contributed by atoms with Gasteiger partial charge in [-0.1, -0.05) is 33.1 Å². The molecule has 1 aromatic heterocycles. The summed E-state index contributed by atoms with van der Waals surface area (Å²) >= 11 is 0. The van der Waals surface area contributed by atoms with Gasteiger partial charge in [0.2, 0.25) is 0 Å². The van der Waals surface area contributed by atoms with Gasteiger partial charge in [0.25, 0.3) is 5.91 Å². The molecule has 35 heavy (non-hydrogen) atoms. The van der Waals surface area contributed by atoms with Crippen molar-refractivity contribution >= 4 is 18.0 Å². The Labute approximate surface area is 209 Å². The van der Waals surface area contributed by atoms with E-state index in [1.807, 2.05) is 26.0 Å². The van der Waals surface area contributed by atoms with Gasteiger partial charge in [-0.25, -0.2) is 4.79 Å². The van der Waals surface area contributed by atoms with Crippen LogP contribution >= 0.6 is 0 Å². The summed E-state index contributed by atoms with van der Waals surface area (Å²) in [6, 6.07) is 3.89. The lowest BCUT2D eigenvalue weighted by Gasteiger charge is -2.48. The van der Waals surface area contributed by atoms with Crippen molar-refractivity contribution in [1.82, 2.24) is 14.8 Å². The molecular weight excluding hydrogens is 444 g/mol. The van der Waals surface area contributed by atoms with E-state index in [0.717, 1.165) is 75.5 Å². The third kappa shape index (κ3) is 6.96. The summed E-state index contributed by atoms with van der Waals surface area (Å²) in [5.74, 6) is -0.646. The van der Waals surface area contributed by atoms with Crippen molar-refractivity contribution in [3.63, 3.8) is 0 Å². The minimum absolute atomic E-state index is 0.0576. The molecule has 0 radical (unpaired) electrons. The number of hydrogen-bond acceptors (Lipinski definition) is 6. The third-order valence-electron chi connectivity index (χ3n) is 7.22. The maximum absolute atomic E-state index is 12.6. The summed E-state index contributed by atoms with van der Waals surface area (Å²) in [6.07, 6.45) is 7.16. The van der Waals surface area contributed by atoms with Crippen molar-refractivity contribution in [3.05, 3.63) is 28.6 Å². The second kappa shape index (κ2) is 12.4. The molecular formula is C27H40N4O4. The SMILES string of the molecule is Cc1cc(/C=C(/C#N)C(=O)OCC(=O)NCC2(N3CCOCC3)CCCCC2)c(C)n1CC(C)C. The molecule has 1 N–H and O–H groups in total. The highest BCUT2D eigenvalue weighted by atomic mass is 16.5. The normalized spacial score (nSPS) is 18.8. The van der Waals surface area contributed by atoms with E-state index in [9.17, 15) is 14.9 Å². The largest absolute Gasteiger partial charge is 0.451 e. The van der Waals surface area contributed by atoms with Crippen LogP contribution in [0, 0.1) is 31.1 Å². The van der Waals surface area contributed by atoms with Crippen molar-refractivity contribution in [2.24, 2.45) is 5.92 Å². The molecule has 2 fully saturated rings. The lowest BCUT2D eigenvalue weighted by Crippen LogP contribution is -2.59. The molecule has 192 valence electrons. The lowest BCUT2D eigenvalue weighted by molar-refractivity contribution is -0.144. The first kappa shape index (κ1) is 27.0. The Morgan fingerprint density at radius 2 is 1.91 bits per heavy atom. The van der Waals surface area contributed by atoms with Crippen molar-refractivity contribution in [2.75, 3.05) is 39.5 Å². The highest BCUT2D eigenvalue weighted by Gasteiger charge is 2.38. The molecule has 1 amide bonds. The molecule has 1 aliphatic heterocycles. The molecule has 0 bridgehead atoms. The Bertz CT molecular complexity index is 961. The van der Waals surface area contributed by atoms with Crippen LogP contribution in [0.3, 0.4) is 0 Å². The van der Waals surface area contributed by atoms with Crippen LogP contribution in [0.2, 0.25) is 0 Å². The molecule has 1 aromatic rings. The van der Waals surface area contributed by atoms with Gasteiger partial charge < -0.3 is 19.4 Å². The van der Waals surface area contributed by atoms with E-state index in [0.29, 0.717) is 12.5 Å². The molecule has 8 nitrogen and oxygen atoms in total. The maximum atomic E-state index is 12.6. The van der Waals surface area contributed by atoms with Crippen molar-refractivity contribution in [1.29, 1.82) is 5.26 Å². The number of nitriles is 1. The summed E-state index contributed by atoms with van der Waals surface area (Å²) in [5, 5.41) is 12.5. The molecule has 0 unspecified atom stereocenters. The van der Waals surface area contributed by atoms with E-state index in [4.69, 9.17) is 9.47 Å². The Hall–Kier alpha value is -2.63. The second-order valence-corrected chi connectivity index (χ2v) is 10.2. The molecule has 1 saturated carbocycles. The van der Waals surface area contributed by atoms with Crippen LogP contribution in [0.1, 0.15) is 62.9 Å². The molecule has 2 aliphatic rings. The fraction of sp³-hybridized carbons (Fsp3) is 0.667. The fourth-order valence-electron chi connectivity index (χ4n) is 5.29. The maximum Gasteiger partial charge on any atom is 0.349 e. The number of carbonyl (C=O) groups excluding carboxylic acids is 2. The first-order valence-corrected chi connectivity index (χ1v) is 12.8. The molecule has 0 aromatic carbocycles. The van der Waals surface area contributed by atoms with Gasteiger partial charge in [-0.15, -0.1) is 0 Å². The van der Waals surface area contributed by atoms with Crippen LogP contribution in [-0.4, -0.2) is 66.3 Å². The van der Waals surface area contributed by atoms with Gasteiger partial charge in [-0.3, -0.25) is 9.69 Å². The summed E-state index contributed by atoms with van der Waals surface area (Å²) in [5.41, 5.74) is 2.71. The molecule has 8 heteroatoms. The summed E-state index contributed by atoms with van der Waals surface area (Å²) in [7, 11) is 0. The predicted octanol–water partition coefficient (Wildman–Crippen LogP) is 3.36. The average Bonchev–Trinajstić information content (AvgIpc) is 3.12. The zero-order valence-electron chi connectivity index (χ0n) is 21.7. The number of nitrogens with zero attached hydrogens (tertiary/aromatic N) is 3. The molecule has 0 spiro atoms. The van der Waals surface area contributed by atoms with E-state index in [-0.39, 0.29) is 17.0 Å². The Kier molecular flexibility index (Phi) is 9.53. The van der Waals surface area contributed by atoms with Crippen molar-refractivity contribution in [2.45, 2.75) is 71.9 Å². The van der Waals surface area contributed by atoms with Gasteiger partial charge in [0.05, 0.1) is 13.2 Å². The topological polar surface area (TPSA) is 96.6 Å². The van der Waals surface area contributed by atoms with Crippen LogP contribution in [-0.2, 0) is 25.6 Å². The number of morpholine rings is 1. The van der Waals surface area contributed by atoms with Gasteiger partial charge >= 0.3 is 5.97 Å². The highest BCUT2D eigenvalue weighted by Crippen LogP contribution is 2.33. The van der Waals surface area contributed by atoms with E-state index >= 15 is 0 Å². The van der Waals surface area contributed by atoms with E-state index in [1.165, 1.54) is 6.42 Å². The standard InChI is InChI=1S/C27H40N4O4/c1-20(2)17-31-21(3)14-23(22(31)4)15-24(16-28)26(33)35-18-25(32)29-19-27(8-6-5-7-9-27)30-10-12-34-13-11-30/h14-15,20H,5-13,17-19H2,1-4H3,(H,29,32)/b24-15-. The van der Waals surface area contributed by atoms with E-state index in [1.54, 1.807) is 6.08 Å². The van der Waals surface area contributed by atoms with Gasteiger partial charge in [-0.2, -0.15) is 5.26 Å². The number of rotatable bonds is 9. The number of hydrogen-bond donors (Lipinski definition) is 1. The van der Waals surface area contributed by atoms with Crippen LogP contribution < -0.4 is 5.32 Å². The van der Waals surface area contributed by atoms with Crippen LogP contribution in [0.5, 0.6) is 0 Å². The minimum atomic E-state index is -0.781. The number of esters is 1. The summed E-state index contributed by atoms with van der Waals surface area (Å²) in [4.78, 5) is 27.6. The smallest absolute Gasteiger partial charge is 0.349 e. The van der Waals surface area contributed by atoms with Gasteiger partial charge in [0.15, 0.2) is 6.61 Å². The zero-order chi connectivity index (χ0) is 25.4. The zero-order valence-corrected chi connectivity index (χ0v) is 21.7. The lowest BCUT2D eigenvalue weighted by atomic mass is 9.79. The summed E-state index contributed by atoms with van der Waals surface area (Å²) in [6.45, 7) is 12.5. The molecule has 2 heterocycles. The highest BCUT2D eigenvalue weighted by molar-refractivity contribution is 5.99. The predicted molar refractivity (Wildman–Crippen MR) is 135 cm³/mol. The van der Waals surface area contributed by atoms with Crippen LogP contribution in [0.15, 0.2) is 11.6 Å². The quantitative estimate of drug-likeness (QED) is 0.328. The van der Waals surface area contributed by atoms with E-state index in [2.05, 4.69) is 28.6 Å². The number of aromatic nitrogens is 1. The van der Waals surface area contributed by atoms with Crippen molar-refractivity contribution in [3.8, 4) is 6.07 Å². The number of nitrogens with one attached hydrogen (secondary N) is 1. The number of aryl methyl sites for hydroxylation is 1. The average molecular weight is 485 g/mol.